The van der Waals surface area contributed by atoms with Crippen molar-refractivity contribution < 1.29 is 0 Å². The van der Waals surface area contributed by atoms with Gasteiger partial charge < -0.3 is 10.2 Å². The summed E-state index contributed by atoms with van der Waals surface area (Å²) in [6.45, 7) is 2.65. The molecule has 0 fully saturated rings. The van der Waals surface area contributed by atoms with E-state index >= 15 is 0 Å². The van der Waals surface area contributed by atoms with Gasteiger partial charge in [-0.25, -0.2) is 0 Å². The molecule has 1 aromatic carbocycles. The molecule has 20 heavy (non-hydrogen) atoms. The molecule has 1 heterocycles. The molecule has 0 aliphatic heterocycles. The Kier molecular flexibility index (Phi) is 4.62. The number of aryl methyl sites for hydroxylation is 2. The van der Waals surface area contributed by atoms with Crippen molar-refractivity contribution in [3.8, 4) is 0 Å². The van der Waals surface area contributed by atoms with Gasteiger partial charge in [-0.2, -0.15) is 5.10 Å². The number of thiocarbonyl (C=S) groups is 1. The summed E-state index contributed by atoms with van der Waals surface area (Å²) >= 11 is 11.5. The number of halogens is 1. The molecule has 106 valence electrons. The highest BCUT2D eigenvalue weighted by atomic mass is 35.5. The van der Waals surface area contributed by atoms with Gasteiger partial charge in [-0.05, 0) is 36.8 Å². The largest absolute Gasteiger partial charge is 0.346 e. The molecule has 4 nitrogen and oxygen atoms in total. The number of hydrogen-bond donors (Lipinski definition) is 1. The maximum atomic E-state index is 6.10. The first-order chi connectivity index (χ1) is 9.47. The lowest BCUT2D eigenvalue weighted by Gasteiger charge is -2.21. The molecule has 0 saturated heterocycles. The Balaban J connectivity index is 2.02. The molecule has 0 aliphatic carbocycles. The molecule has 0 atom stereocenters. The van der Waals surface area contributed by atoms with Crippen LogP contribution in [0.1, 0.15) is 11.3 Å². The lowest BCUT2D eigenvalue weighted by molar-refractivity contribution is 0.482. The molecule has 0 aliphatic rings. The van der Waals surface area contributed by atoms with Crippen molar-refractivity contribution in [2.75, 3.05) is 12.4 Å². The molecule has 0 unspecified atom stereocenters. The van der Waals surface area contributed by atoms with E-state index in [-0.39, 0.29) is 0 Å². The van der Waals surface area contributed by atoms with Crippen LogP contribution in [0.3, 0.4) is 0 Å². The van der Waals surface area contributed by atoms with Crippen molar-refractivity contribution in [3.63, 3.8) is 0 Å². The van der Waals surface area contributed by atoms with E-state index in [1.54, 1.807) is 10.9 Å². The van der Waals surface area contributed by atoms with Crippen molar-refractivity contribution in [2.45, 2.75) is 13.5 Å². The second-order valence-corrected chi connectivity index (χ2v) is 5.51. The van der Waals surface area contributed by atoms with E-state index in [2.05, 4.69) is 16.5 Å². The van der Waals surface area contributed by atoms with Crippen LogP contribution >= 0.6 is 23.8 Å². The molecule has 1 N–H and O–H groups in total. The standard InChI is InChI=1S/C14H17ClN4S/c1-10-5-4-6-11(7-10)17-14(20)18(2)9-13-12(15)8-16-19(13)3/h4-8H,9H2,1-3H3,(H,17,20). The van der Waals surface area contributed by atoms with Gasteiger partial charge in [0.15, 0.2) is 5.11 Å². The van der Waals surface area contributed by atoms with Crippen molar-refractivity contribution >= 4 is 34.6 Å². The number of nitrogens with one attached hydrogen (secondary N) is 1. The number of rotatable bonds is 3. The summed E-state index contributed by atoms with van der Waals surface area (Å²) < 4.78 is 1.76. The maximum absolute atomic E-state index is 6.10. The zero-order valence-corrected chi connectivity index (χ0v) is 13.3. The molecule has 6 heteroatoms. The van der Waals surface area contributed by atoms with Crippen LogP contribution in [-0.4, -0.2) is 26.8 Å². The smallest absolute Gasteiger partial charge is 0.173 e. The highest BCUT2D eigenvalue weighted by molar-refractivity contribution is 7.80. The van der Waals surface area contributed by atoms with Gasteiger partial charge in [-0.3, -0.25) is 4.68 Å². The van der Waals surface area contributed by atoms with Gasteiger partial charge in [-0.1, -0.05) is 23.7 Å². The van der Waals surface area contributed by atoms with E-state index in [9.17, 15) is 0 Å². The molecule has 2 aromatic rings. The second-order valence-electron chi connectivity index (χ2n) is 4.72. The zero-order chi connectivity index (χ0) is 14.7. The van der Waals surface area contributed by atoms with E-state index < -0.39 is 0 Å². The van der Waals surface area contributed by atoms with E-state index in [0.29, 0.717) is 16.7 Å². The van der Waals surface area contributed by atoms with E-state index in [1.165, 1.54) is 5.56 Å². The minimum absolute atomic E-state index is 0.604. The monoisotopic (exact) mass is 308 g/mol. The quantitative estimate of drug-likeness (QED) is 0.883. The molecule has 0 radical (unpaired) electrons. The Morgan fingerprint density at radius 3 is 2.85 bits per heavy atom. The molecule has 0 spiro atoms. The molecule has 1 aromatic heterocycles. The first-order valence-corrected chi connectivity index (χ1v) is 7.01. The van der Waals surface area contributed by atoms with E-state index in [1.807, 2.05) is 44.1 Å². The Bertz CT molecular complexity index is 604. The number of hydrogen-bond acceptors (Lipinski definition) is 2. The van der Waals surface area contributed by atoms with Crippen LogP contribution < -0.4 is 5.32 Å². The van der Waals surface area contributed by atoms with Crippen molar-refractivity contribution in [1.82, 2.24) is 14.7 Å². The van der Waals surface area contributed by atoms with Gasteiger partial charge >= 0.3 is 0 Å². The van der Waals surface area contributed by atoms with Gasteiger partial charge in [0, 0.05) is 19.8 Å². The van der Waals surface area contributed by atoms with Gasteiger partial charge in [0.1, 0.15) is 0 Å². The average Bonchev–Trinajstić information content (AvgIpc) is 2.70. The Morgan fingerprint density at radius 2 is 2.25 bits per heavy atom. The molecule has 2 rings (SSSR count). The van der Waals surface area contributed by atoms with Crippen LogP contribution in [0.25, 0.3) is 0 Å². The summed E-state index contributed by atoms with van der Waals surface area (Å²) in [4.78, 5) is 1.93. The van der Waals surface area contributed by atoms with Crippen molar-refractivity contribution in [3.05, 3.63) is 46.7 Å². The number of benzene rings is 1. The highest BCUT2D eigenvalue weighted by Gasteiger charge is 2.11. The molecule has 0 amide bonds. The fourth-order valence-corrected chi connectivity index (χ4v) is 2.26. The lowest BCUT2D eigenvalue weighted by atomic mass is 10.2. The normalized spacial score (nSPS) is 10.4. The average molecular weight is 309 g/mol. The van der Waals surface area contributed by atoms with Crippen molar-refractivity contribution in [1.29, 1.82) is 0 Å². The van der Waals surface area contributed by atoms with Gasteiger partial charge in [-0.15, -0.1) is 0 Å². The lowest BCUT2D eigenvalue weighted by Crippen LogP contribution is -2.31. The van der Waals surface area contributed by atoms with Crippen LogP contribution in [0, 0.1) is 6.92 Å². The molecular weight excluding hydrogens is 292 g/mol. The summed E-state index contributed by atoms with van der Waals surface area (Å²) in [6.07, 6.45) is 1.64. The molecular formula is C14H17ClN4S. The van der Waals surface area contributed by atoms with E-state index in [4.69, 9.17) is 23.8 Å². The third-order valence-electron chi connectivity index (χ3n) is 3.01. The summed E-state index contributed by atoms with van der Waals surface area (Å²) in [5.74, 6) is 0. The fourth-order valence-electron chi connectivity index (χ4n) is 1.85. The summed E-state index contributed by atoms with van der Waals surface area (Å²) in [7, 11) is 3.79. The number of nitrogens with zero attached hydrogens (tertiary/aromatic N) is 3. The molecule has 0 saturated carbocycles. The topological polar surface area (TPSA) is 33.1 Å². The third-order valence-corrected chi connectivity index (χ3v) is 3.74. The zero-order valence-electron chi connectivity index (χ0n) is 11.7. The molecule has 0 bridgehead atoms. The number of anilines is 1. The summed E-state index contributed by atoms with van der Waals surface area (Å²) in [5.41, 5.74) is 3.11. The predicted molar refractivity (Wildman–Crippen MR) is 87.1 cm³/mol. The van der Waals surface area contributed by atoms with E-state index in [0.717, 1.165) is 11.4 Å². The van der Waals surface area contributed by atoms with Gasteiger partial charge in [0.25, 0.3) is 0 Å². The Hall–Kier alpha value is -1.59. The predicted octanol–water partition coefficient (Wildman–Crippen LogP) is 3.21. The first kappa shape index (κ1) is 14.8. The third kappa shape index (κ3) is 3.49. The summed E-state index contributed by atoms with van der Waals surface area (Å²) in [6, 6.07) is 8.09. The highest BCUT2D eigenvalue weighted by Crippen LogP contribution is 2.16. The SMILES string of the molecule is Cc1cccc(NC(=S)N(C)Cc2c(Cl)cnn2C)c1. The summed E-state index contributed by atoms with van der Waals surface area (Å²) in [5, 5.41) is 8.63. The fraction of sp³-hybridized carbons (Fsp3) is 0.286. The number of aromatic nitrogens is 2. The van der Waals surface area contributed by atoms with Gasteiger partial charge in [0.2, 0.25) is 0 Å². The maximum Gasteiger partial charge on any atom is 0.173 e. The second kappa shape index (κ2) is 6.24. The van der Waals surface area contributed by atoms with Crippen LogP contribution in [-0.2, 0) is 13.6 Å². The van der Waals surface area contributed by atoms with Crippen LogP contribution in [0.4, 0.5) is 5.69 Å². The first-order valence-electron chi connectivity index (χ1n) is 6.22. The minimum atomic E-state index is 0.604. The van der Waals surface area contributed by atoms with Crippen molar-refractivity contribution in [2.24, 2.45) is 7.05 Å². The van der Waals surface area contributed by atoms with Crippen LogP contribution in [0.5, 0.6) is 0 Å². The van der Waals surface area contributed by atoms with Gasteiger partial charge in [0.05, 0.1) is 23.5 Å². The van der Waals surface area contributed by atoms with Crippen LogP contribution in [0.15, 0.2) is 30.5 Å². The Morgan fingerprint density at radius 1 is 1.50 bits per heavy atom. The minimum Gasteiger partial charge on any atom is -0.346 e. The van der Waals surface area contributed by atoms with Crippen LogP contribution in [0.2, 0.25) is 5.02 Å². The Labute approximate surface area is 129 Å².